The van der Waals surface area contributed by atoms with Crippen molar-refractivity contribution in [2.75, 3.05) is 11.1 Å². The summed E-state index contributed by atoms with van der Waals surface area (Å²) in [7, 11) is 0. The average molecular weight is 290 g/mol. The molecule has 1 aliphatic rings. The van der Waals surface area contributed by atoms with Gasteiger partial charge in [-0.05, 0) is 31.9 Å². The Morgan fingerprint density at radius 2 is 2.35 bits per heavy atom. The maximum atomic E-state index is 12.6. The van der Waals surface area contributed by atoms with Crippen LogP contribution < -0.4 is 11.1 Å². The van der Waals surface area contributed by atoms with E-state index in [4.69, 9.17) is 5.73 Å². The third-order valence-electron chi connectivity index (χ3n) is 4.04. The first-order valence-corrected chi connectivity index (χ1v) is 7.96. The topological polar surface area (TPSA) is 55.1 Å². The second-order valence-electron chi connectivity index (χ2n) is 5.47. The molecule has 4 heteroatoms. The number of hydrogen-bond donors (Lipinski definition) is 2. The Morgan fingerprint density at radius 3 is 3.00 bits per heavy atom. The van der Waals surface area contributed by atoms with Gasteiger partial charge in [-0.3, -0.25) is 4.79 Å². The first-order valence-electron chi connectivity index (χ1n) is 6.97. The third-order valence-corrected chi connectivity index (χ3v) is 5.11. The van der Waals surface area contributed by atoms with Gasteiger partial charge in [0, 0.05) is 16.7 Å². The van der Waals surface area contributed by atoms with Crippen LogP contribution in [0.25, 0.3) is 0 Å². The Hall–Kier alpha value is -1.26. The number of nitrogens with two attached hydrogens (primary N) is 1. The molecule has 108 valence electrons. The predicted octanol–water partition coefficient (Wildman–Crippen LogP) is 3.42. The molecular weight excluding hydrogens is 268 g/mol. The zero-order valence-corrected chi connectivity index (χ0v) is 12.7. The highest BCUT2D eigenvalue weighted by Gasteiger charge is 2.43. The zero-order valence-electron chi connectivity index (χ0n) is 11.9. The van der Waals surface area contributed by atoms with E-state index in [9.17, 15) is 4.79 Å². The number of para-hydroxylation sites is 1. The molecule has 1 amide bonds. The van der Waals surface area contributed by atoms with Gasteiger partial charge in [0.25, 0.3) is 0 Å². The number of carbonyl (C=O) groups excluding carboxylic acids is 1. The van der Waals surface area contributed by atoms with Crippen LogP contribution in [0.2, 0.25) is 0 Å². The van der Waals surface area contributed by atoms with Crippen LogP contribution in [0, 0.1) is 5.41 Å². The number of anilines is 1. The van der Waals surface area contributed by atoms with Crippen LogP contribution in [0.15, 0.2) is 41.8 Å². The summed E-state index contributed by atoms with van der Waals surface area (Å²) in [5, 5.41) is 3.06. The quantitative estimate of drug-likeness (QED) is 0.645. The van der Waals surface area contributed by atoms with Crippen molar-refractivity contribution < 1.29 is 4.79 Å². The molecule has 0 aliphatic heterocycles. The smallest absolute Gasteiger partial charge is 0.231 e. The third kappa shape index (κ3) is 3.07. The van der Waals surface area contributed by atoms with Gasteiger partial charge in [0.1, 0.15) is 0 Å². The van der Waals surface area contributed by atoms with Crippen LogP contribution in [0.4, 0.5) is 5.69 Å². The molecule has 1 fully saturated rings. The number of carbonyl (C=O) groups is 1. The highest BCUT2D eigenvalue weighted by Crippen LogP contribution is 2.38. The van der Waals surface area contributed by atoms with E-state index >= 15 is 0 Å². The van der Waals surface area contributed by atoms with Crippen LogP contribution in [0.3, 0.4) is 0 Å². The lowest BCUT2D eigenvalue weighted by molar-refractivity contribution is -0.125. The molecule has 0 heterocycles. The Labute approximate surface area is 125 Å². The number of hydrogen-bond acceptors (Lipinski definition) is 3. The fraction of sp³-hybridized carbons (Fsp3) is 0.438. The van der Waals surface area contributed by atoms with Crippen molar-refractivity contribution in [2.45, 2.75) is 37.1 Å². The summed E-state index contributed by atoms with van der Waals surface area (Å²) in [5.74, 6) is 0.859. The Kier molecular flexibility index (Phi) is 4.89. The minimum Gasteiger partial charge on any atom is -0.327 e. The number of rotatable bonds is 5. The van der Waals surface area contributed by atoms with Crippen molar-refractivity contribution in [3.8, 4) is 0 Å². The highest BCUT2D eigenvalue weighted by molar-refractivity contribution is 7.99. The number of amides is 1. The first-order chi connectivity index (χ1) is 9.58. The van der Waals surface area contributed by atoms with E-state index in [1.54, 1.807) is 11.8 Å². The Morgan fingerprint density at radius 1 is 1.60 bits per heavy atom. The molecule has 0 radical (unpaired) electrons. The number of nitrogens with one attached hydrogen (secondary N) is 1. The van der Waals surface area contributed by atoms with Crippen LogP contribution in [0.1, 0.15) is 26.2 Å². The SMILES string of the molecule is C=CCSc1ccccc1NC(=O)C1(C)CCCC1N. The molecule has 2 rings (SSSR count). The largest absolute Gasteiger partial charge is 0.327 e. The summed E-state index contributed by atoms with van der Waals surface area (Å²) in [6.45, 7) is 5.70. The van der Waals surface area contributed by atoms with Crippen molar-refractivity contribution in [3.63, 3.8) is 0 Å². The monoisotopic (exact) mass is 290 g/mol. The average Bonchev–Trinajstić information content (AvgIpc) is 2.79. The lowest BCUT2D eigenvalue weighted by Gasteiger charge is -2.28. The van der Waals surface area contributed by atoms with E-state index < -0.39 is 5.41 Å². The van der Waals surface area contributed by atoms with Crippen molar-refractivity contribution in [1.29, 1.82) is 0 Å². The van der Waals surface area contributed by atoms with E-state index in [1.165, 1.54) is 0 Å². The van der Waals surface area contributed by atoms with Gasteiger partial charge in [-0.15, -0.1) is 18.3 Å². The molecule has 0 aromatic heterocycles. The van der Waals surface area contributed by atoms with Crippen LogP contribution in [-0.2, 0) is 4.79 Å². The van der Waals surface area contributed by atoms with Crippen molar-refractivity contribution in [3.05, 3.63) is 36.9 Å². The molecule has 0 saturated heterocycles. The van der Waals surface area contributed by atoms with E-state index in [-0.39, 0.29) is 11.9 Å². The first kappa shape index (κ1) is 15.1. The second kappa shape index (κ2) is 6.46. The summed E-state index contributed by atoms with van der Waals surface area (Å²) in [6, 6.07) is 7.82. The van der Waals surface area contributed by atoms with Gasteiger partial charge in [0.15, 0.2) is 0 Å². The van der Waals surface area contributed by atoms with Gasteiger partial charge >= 0.3 is 0 Å². The summed E-state index contributed by atoms with van der Waals surface area (Å²) in [5.41, 5.74) is 6.52. The normalized spacial score (nSPS) is 25.4. The fourth-order valence-electron chi connectivity index (χ4n) is 2.58. The molecule has 0 spiro atoms. The van der Waals surface area contributed by atoms with Gasteiger partial charge < -0.3 is 11.1 Å². The maximum absolute atomic E-state index is 12.6. The van der Waals surface area contributed by atoms with E-state index in [0.29, 0.717) is 0 Å². The van der Waals surface area contributed by atoms with Crippen molar-refractivity contribution >= 4 is 23.4 Å². The van der Waals surface area contributed by atoms with Crippen LogP contribution in [0.5, 0.6) is 0 Å². The van der Waals surface area contributed by atoms with Crippen LogP contribution in [-0.4, -0.2) is 17.7 Å². The molecule has 1 aliphatic carbocycles. The molecule has 20 heavy (non-hydrogen) atoms. The van der Waals surface area contributed by atoms with Crippen molar-refractivity contribution in [1.82, 2.24) is 0 Å². The van der Waals surface area contributed by atoms with E-state index in [1.807, 2.05) is 37.3 Å². The lowest BCUT2D eigenvalue weighted by atomic mass is 9.84. The molecule has 0 bridgehead atoms. The molecule has 1 saturated carbocycles. The van der Waals surface area contributed by atoms with Crippen LogP contribution >= 0.6 is 11.8 Å². The standard InChI is InChI=1S/C16H22N2OS/c1-3-11-20-13-8-5-4-7-12(13)18-15(19)16(2)10-6-9-14(16)17/h3-5,7-8,14H,1,6,9-11,17H2,2H3,(H,18,19). The molecule has 1 aromatic rings. The summed E-state index contributed by atoms with van der Waals surface area (Å²) in [4.78, 5) is 13.6. The van der Waals surface area contributed by atoms with Gasteiger partial charge in [-0.25, -0.2) is 0 Å². The van der Waals surface area contributed by atoms with E-state index in [2.05, 4.69) is 11.9 Å². The van der Waals surface area contributed by atoms with Gasteiger partial charge in [0.2, 0.25) is 5.91 Å². The molecule has 2 atom stereocenters. The fourth-order valence-corrected chi connectivity index (χ4v) is 3.33. The Bertz CT molecular complexity index is 503. The molecule has 3 N–H and O–H groups in total. The van der Waals surface area contributed by atoms with Crippen molar-refractivity contribution in [2.24, 2.45) is 11.1 Å². The summed E-state index contributed by atoms with van der Waals surface area (Å²) in [6.07, 6.45) is 4.67. The van der Waals surface area contributed by atoms with E-state index in [0.717, 1.165) is 35.6 Å². The molecule has 2 unspecified atom stereocenters. The zero-order chi connectivity index (χ0) is 14.6. The van der Waals surface area contributed by atoms with Gasteiger partial charge in [-0.2, -0.15) is 0 Å². The minimum absolute atomic E-state index is 0.0363. The number of benzene rings is 1. The lowest BCUT2D eigenvalue weighted by Crippen LogP contribution is -2.44. The summed E-state index contributed by atoms with van der Waals surface area (Å²) < 4.78 is 0. The number of thioether (sulfide) groups is 1. The second-order valence-corrected chi connectivity index (χ2v) is 6.53. The van der Waals surface area contributed by atoms with Gasteiger partial charge in [-0.1, -0.05) is 24.6 Å². The van der Waals surface area contributed by atoms with Gasteiger partial charge in [0.05, 0.1) is 11.1 Å². The summed E-state index contributed by atoms with van der Waals surface area (Å²) >= 11 is 1.67. The molecular formula is C16H22N2OS. The predicted molar refractivity (Wildman–Crippen MR) is 85.9 cm³/mol. The maximum Gasteiger partial charge on any atom is 0.231 e. The molecule has 1 aromatic carbocycles. The molecule has 3 nitrogen and oxygen atoms in total. The Balaban J connectivity index is 2.13. The highest BCUT2D eigenvalue weighted by atomic mass is 32.2. The minimum atomic E-state index is -0.448.